The van der Waals surface area contributed by atoms with E-state index in [1.165, 1.54) is 5.56 Å². The van der Waals surface area contributed by atoms with Crippen LogP contribution in [0.25, 0.3) is 17.5 Å². The van der Waals surface area contributed by atoms with E-state index in [0.29, 0.717) is 17.6 Å². The van der Waals surface area contributed by atoms with E-state index in [1.54, 1.807) is 13.2 Å². The first kappa shape index (κ1) is 20.8. The number of hydrogen-bond acceptors (Lipinski definition) is 5. The Balaban J connectivity index is 1.27. The number of likely N-dealkylation sites (tertiary alicyclic amines) is 1. The number of aromatic nitrogens is 2. The number of ether oxygens (including phenoxy) is 1. The van der Waals surface area contributed by atoms with Gasteiger partial charge in [-0.2, -0.15) is 4.98 Å². The van der Waals surface area contributed by atoms with Gasteiger partial charge in [0.1, 0.15) is 5.75 Å². The zero-order valence-electron chi connectivity index (χ0n) is 18.0. The maximum Gasteiger partial charge on any atom is 0.246 e. The van der Waals surface area contributed by atoms with Crippen molar-refractivity contribution in [2.24, 2.45) is 5.92 Å². The van der Waals surface area contributed by atoms with Crippen LogP contribution in [0.5, 0.6) is 5.75 Å². The summed E-state index contributed by atoms with van der Waals surface area (Å²) >= 11 is 0. The Morgan fingerprint density at radius 1 is 1.13 bits per heavy atom. The molecule has 0 bridgehead atoms. The van der Waals surface area contributed by atoms with Crippen molar-refractivity contribution in [3.63, 3.8) is 0 Å². The van der Waals surface area contributed by atoms with Crippen molar-refractivity contribution < 1.29 is 14.1 Å². The van der Waals surface area contributed by atoms with Gasteiger partial charge in [0.2, 0.25) is 17.6 Å². The summed E-state index contributed by atoms with van der Waals surface area (Å²) in [6.45, 7) is 3.55. The van der Waals surface area contributed by atoms with Gasteiger partial charge in [-0.1, -0.05) is 35.0 Å². The highest BCUT2D eigenvalue weighted by molar-refractivity contribution is 5.91. The molecule has 0 aliphatic carbocycles. The second-order valence-electron chi connectivity index (χ2n) is 7.96. The molecule has 0 saturated carbocycles. The minimum atomic E-state index is 0.0682. The fourth-order valence-corrected chi connectivity index (χ4v) is 3.75. The van der Waals surface area contributed by atoms with Gasteiger partial charge in [0, 0.05) is 31.1 Å². The molecule has 0 atom stereocenters. The molecule has 6 nitrogen and oxygen atoms in total. The highest BCUT2D eigenvalue weighted by Gasteiger charge is 2.23. The number of piperidine rings is 1. The third-order valence-electron chi connectivity index (χ3n) is 5.70. The van der Waals surface area contributed by atoms with E-state index in [9.17, 15) is 4.79 Å². The molecular weight excluding hydrogens is 390 g/mol. The first-order valence-corrected chi connectivity index (χ1v) is 10.6. The second kappa shape index (κ2) is 9.60. The lowest BCUT2D eigenvalue weighted by atomic mass is 9.93. The predicted octanol–water partition coefficient (Wildman–Crippen LogP) is 4.55. The average Bonchev–Trinajstić information content (AvgIpc) is 3.27. The van der Waals surface area contributed by atoms with Crippen LogP contribution in [0.1, 0.15) is 29.9 Å². The maximum absolute atomic E-state index is 12.5. The lowest BCUT2D eigenvalue weighted by Gasteiger charge is -2.30. The normalized spacial score (nSPS) is 14.8. The largest absolute Gasteiger partial charge is 0.497 e. The van der Waals surface area contributed by atoms with Crippen LogP contribution in [0.15, 0.2) is 59.1 Å². The summed E-state index contributed by atoms with van der Waals surface area (Å²) in [6.07, 6.45) is 6.16. The second-order valence-corrected chi connectivity index (χ2v) is 7.96. The van der Waals surface area contributed by atoms with Gasteiger partial charge in [0.25, 0.3) is 0 Å². The molecule has 1 fully saturated rings. The minimum Gasteiger partial charge on any atom is -0.497 e. The Kier molecular flexibility index (Phi) is 6.46. The molecule has 0 radical (unpaired) electrons. The molecule has 160 valence electrons. The first-order chi connectivity index (χ1) is 15.1. The van der Waals surface area contributed by atoms with Gasteiger partial charge in [-0.15, -0.1) is 0 Å². The van der Waals surface area contributed by atoms with Crippen LogP contribution in [0, 0.1) is 12.8 Å². The number of aryl methyl sites for hydroxylation is 1. The Morgan fingerprint density at radius 2 is 1.84 bits per heavy atom. The number of amides is 1. The summed E-state index contributed by atoms with van der Waals surface area (Å²) in [7, 11) is 1.64. The molecule has 1 aromatic heterocycles. The number of benzene rings is 2. The Hall–Kier alpha value is -3.41. The highest BCUT2D eigenvalue weighted by Crippen LogP contribution is 2.24. The van der Waals surface area contributed by atoms with E-state index in [-0.39, 0.29) is 5.91 Å². The van der Waals surface area contributed by atoms with Gasteiger partial charge in [-0.25, -0.2) is 0 Å². The first-order valence-electron chi connectivity index (χ1n) is 10.6. The topological polar surface area (TPSA) is 68.5 Å². The Labute approximate surface area is 182 Å². The van der Waals surface area contributed by atoms with Crippen LogP contribution in [0.4, 0.5) is 0 Å². The zero-order chi connectivity index (χ0) is 21.6. The van der Waals surface area contributed by atoms with E-state index in [0.717, 1.165) is 49.2 Å². The van der Waals surface area contributed by atoms with Gasteiger partial charge in [0.05, 0.1) is 7.11 Å². The van der Waals surface area contributed by atoms with E-state index in [4.69, 9.17) is 9.26 Å². The standard InChI is InChI=1S/C25H27N3O3/c1-18-3-5-19(6-4-18)7-12-24(29)28-15-13-20(14-16-28)17-23-26-25(27-31-23)21-8-10-22(30-2)11-9-21/h3-12,20H,13-17H2,1-2H3/b12-7+. The van der Waals surface area contributed by atoms with Crippen molar-refractivity contribution in [2.75, 3.05) is 20.2 Å². The number of carbonyl (C=O) groups excluding carboxylic acids is 1. The van der Waals surface area contributed by atoms with Crippen molar-refractivity contribution in [3.8, 4) is 17.1 Å². The van der Waals surface area contributed by atoms with Gasteiger partial charge in [0.15, 0.2) is 0 Å². The minimum absolute atomic E-state index is 0.0682. The van der Waals surface area contributed by atoms with Gasteiger partial charge in [-0.3, -0.25) is 4.79 Å². The molecular formula is C25H27N3O3. The third kappa shape index (κ3) is 5.40. The lowest BCUT2D eigenvalue weighted by molar-refractivity contribution is -0.127. The summed E-state index contributed by atoms with van der Waals surface area (Å²) in [5.41, 5.74) is 3.15. The van der Waals surface area contributed by atoms with Gasteiger partial charge < -0.3 is 14.2 Å². The molecule has 0 unspecified atom stereocenters. The molecule has 2 aromatic carbocycles. The van der Waals surface area contributed by atoms with Gasteiger partial charge >= 0.3 is 0 Å². The number of nitrogens with zero attached hydrogens (tertiary/aromatic N) is 3. The summed E-state index contributed by atoms with van der Waals surface area (Å²) in [4.78, 5) is 19.0. The molecule has 0 N–H and O–H groups in total. The summed E-state index contributed by atoms with van der Waals surface area (Å²) in [5.74, 6) is 2.54. The van der Waals surface area contributed by atoms with Crippen LogP contribution in [-0.2, 0) is 11.2 Å². The van der Waals surface area contributed by atoms with Crippen molar-refractivity contribution in [1.82, 2.24) is 15.0 Å². The van der Waals surface area contributed by atoms with Gasteiger partial charge in [-0.05, 0) is 61.6 Å². The van der Waals surface area contributed by atoms with E-state index < -0.39 is 0 Å². The van der Waals surface area contributed by atoms with Crippen LogP contribution in [0.3, 0.4) is 0 Å². The van der Waals surface area contributed by atoms with E-state index >= 15 is 0 Å². The third-order valence-corrected chi connectivity index (χ3v) is 5.70. The highest BCUT2D eigenvalue weighted by atomic mass is 16.5. The number of carbonyl (C=O) groups is 1. The number of methoxy groups -OCH3 is 1. The number of hydrogen-bond donors (Lipinski definition) is 0. The molecule has 1 saturated heterocycles. The molecule has 6 heteroatoms. The molecule has 4 rings (SSSR count). The van der Waals surface area contributed by atoms with Crippen molar-refractivity contribution in [2.45, 2.75) is 26.2 Å². The molecule has 0 spiro atoms. The maximum atomic E-state index is 12.5. The van der Waals surface area contributed by atoms with E-state index in [1.807, 2.05) is 59.5 Å². The Bertz CT molecular complexity index is 1030. The molecule has 1 aliphatic heterocycles. The summed E-state index contributed by atoms with van der Waals surface area (Å²) in [6, 6.07) is 15.7. The van der Waals surface area contributed by atoms with Crippen LogP contribution >= 0.6 is 0 Å². The van der Waals surface area contributed by atoms with Crippen molar-refractivity contribution >= 4 is 12.0 Å². The Morgan fingerprint density at radius 3 is 2.52 bits per heavy atom. The molecule has 3 aromatic rings. The van der Waals surface area contributed by atoms with Crippen molar-refractivity contribution in [1.29, 1.82) is 0 Å². The summed E-state index contributed by atoms with van der Waals surface area (Å²) < 4.78 is 10.6. The molecule has 2 heterocycles. The number of rotatable bonds is 6. The SMILES string of the molecule is COc1ccc(-c2noc(CC3CCN(C(=O)/C=C/c4ccc(C)cc4)CC3)n2)cc1. The zero-order valence-corrected chi connectivity index (χ0v) is 18.0. The predicted molar refractivity (Wildman–Crippen MR) is 120 cm³/mol. The molecule has 1 aliphatic rings. The fraction of sp³-hybridized carbons (Fsp3) is 0.320. The monoisotopic (exact) mass is 417 g/mol. The smallest absolute Gasteiger partial charge is 0.246 e. The molecule has 31 heavy (non-hydrogen) atoms. The van der Waals surface area contributed by atoms with Crippen LogP contribution in [-0.4, -0.2) is 41.1 Å². The molecule has 1 amide bonds. The van der Waals surface area contributed by atoms with Crippen LogP contribution in [0.2, 0.25) is 0 Å². The summed E-state index contributed by atoms with van der Waals surface area (Å²) in [5, 5.41) is 4.11. The lowest BCUT2D eigenvalue weighted by Crippen LogP contribution is -2.38. The fourth-order valence-electron chi connectivity index (χ4n) is 3.75. The quantitative estimate of drug-likeness (QED) is 0.551. The van der Waals surface area contributed by atoms with E-state index in [2.05, 4.69) is 17.1 Å². The van der Waals surface area contributed by atoms with Crippen LogP contribution < -0.4 is 4.74 Å². The average molecular weight is 418 g/mol. The van der Waals surface area contributed by atoms with Crippen molar-refractivity contribution in [3.05, 3.63) is 71.6 Å².